The van der Waals surface area contributed by atoms with Gasteiger partial charge < -0.3 is 9.84 Å². The number of aliphatic carboxylic acids is 1. The van der Waals surface area contributed by atoms with Crippen molar-refractivity contribution in [3.05, 3.63) is 77.9 Å². The molecule has 1 aliphatic rings. The van der Waals surface area contributed by atoms with Crippen LogP contribution in [0.4, 0.5) is 0 Å². The van der Waals surface area contributed by atoms with E-state index in [4.69, 9.17) is 4.74 Å². The molecule has 0 saturated carbocycles. The fraction of sp³-hybridized carbons (Fsp3) is 0.292. The number of para-hydroxylation sites is 1. The molecule has 3 aromatic rings. The first kappa shape index (κ1) is 18.5. The highest BCUT2D eigenvalue weighted by Crippen LogP contribution is 2.40. The quantitative estimate of drug-likeness (QED) is 0.691. The van der Waals surface area contributed by atoms with Crippen molar-refractivity contribution in [2.24, 2.45) is 0 Å². The molecule has 0 radical (unpaired) electrons. The molecule has 4 nitrogen and oxygen atoms in total. The first-order valence-corrected chi connectivity index (χ1v) is 9.80. The smallest absolute Gasteiger partial charge is 0.320 e. The Morgan fingerprint density at radius 3 is 2.54 bits per heavy atom. The first-order chi connectivity index (χ1) is 13.7. The average Bonchev–Trinajstić information content (AvgIpc) is 2.75. The molecule has 0 amide bonds. The van der Waals surface area contributed by atoms with Gasteiger partial charge in [-0.25, -0.2) is 0 Å². The van der Waals surface area contributed by atoms with Crippen LogP contribution in [-0.2, 0) is 4.79 Å². The lowest BCUT2D eigenvalue weighted by Crippen LogP contribution is -2.47. The molecule has 2 unspecified atom stereocenters. The highest BCUT2D eigenvalue weighted by Gasteiger charge is 2.36. The molecule has 4 heteroatoms. The maximum Gasteiger partial charge on any atom is 0.320 e. The zero-order valence-corrected chi connectivity index (χ0v) is 16.0. The molecular formula is C24H25NO3. The number of carbonyl (C=O) groups is 1. The lowest BCUT2D eigenvalue weighted by atomic mass is 9.88. The lowest BCUT2D eigenvalue weighted by Gasteiger charge is -2.40. The Bertz CT molecular complexity index is 979. The predicted octanol–water partition coefficient (Wildman–Crippen LogP) is 4.88. The second-order valence-electron chi connectivity index (χ2n) is 7.30. The van der Waals surface area contributed by atoms with Gasteiger partial charge in [-0.15, -0.1) is 0 Å². The Kier molecular flexibility index (Phi) is 5.31. The van der Waals surface area contributed by atoms with Crippen LogP contribution in [-0.4, -0.2) is 35.7 Å². The van der Waals surface area contributed by atoms with E-state index in [2.05, 4.69) is 41.3 Å². The van der Waals surface area contributed by atoms with Crippen LogP contribution in [0.3, 0.4) is 0 Å². The van der Waals surface area contributed by atoms with Gasteiger partial charge >= 0.3 is 5.97 Å². The van der Waals surface area contributed by atoms with Gasteiger partial charge in [-0.1, -0.05) is 67.1 Å². The number of benzene rings is 3. The van der Waals surface area contributed by atoms with Crippen LogP contribution in [0.1, 0.15) is 36.4 Å². The molecular weight excluding hydrogens is 350 g/mol. The third-order valence-electron chi connectivity index (χ3n) is 5.71. The summed E-state index contributed by atoms with van der Waals surface area (Å²) in [6, 6.07) is 21.8. The molecule has 0 spiro atoms. The second kappa shape index (κ2) is 8.03. The van der Waals surface area contributed by atoms with Crippen LogP contribution < -0.4 is 4.74 Å². The molecule has 144 valence electrons. The SMILES string of the molecule is COc1ccccc1C(c1cccc2ccccc12)N1CCCCC1C(=O)O. The lowest BCUT2D eigenvalue weighted by molar-refractivity contribution is -0.145. The van der Waals surface area contributed by atoms with E-state index in [1.165, 1.54) is 0 Å². The molecule has 1 N–H and O–H groups in total. The fourth-order valence-corrected chi connectivity index (χ4v) is 4.43. The number of hydrogen-bond acceptors (Lipinski definition) is 3. The molecule has 28 heavy (non-hydrogen) atoms. The summed E-state index contributed by atoms with van der Waals surface area (Å²) in [6.45, 7) is 0.753. The summed E-state index contributed by atoms with van der Waals surface area (Å²) in [4.78, 5) is 14.2. The van der Waals surface area contributed by atoms with Crippen molar-refractivity contribution in [2.75, 3.05) is 13.7 Å². The van der Waals surface area contributed by atoms with Gasteiger partial charge in [0.25, 0.3) is 0 Å². The van der Waals surface area contributed by atoms with Crippen molar-refractivity contribution < 1.29 is 14.6 Å². The van der Waals surface area contributed by atoms with Gasteiger partial charge in [0.05, 0.1) is 13.2 Å². The third kappa shape index (κ3) is 3.36. The number of rotatable bonds is 5. The monoisotopic (exact) mass is 375 g/mol. The summed E-state index contributed by atoms with van der Waals surface area (Å²) in [5.41, 5.74) is 2.13. The number of methoxy groups -OCH3 is 1. The number of carboxylic acids is 1. The zero-order chi connectivity index (χ0) is 19.5. The second-order valence-corrected chi connectivity index (χ2v) is 7.30. The van der Waals surface area contributed by atoms with E-state index in [1.807, 2.05) is 30.3 Å². The minimum atomic E-state index is -0.750. The summed E-state index contributed by atoms with van der Waals surface area (Å²) in [7, 11) is 1.67. The van der Waals surface area contributed by atoms with Crippen molar-refractivity contribution in [1.29, 1.82) is 0 Å². The largest absolute Gasteiger partial charge is 0.496 e. The van der Waals surface area contributed by atoms with Crippen LogP contribution in [0.15, 0.2) is 66.7 Å². The van der Waals surface area contributed by atoms with Crippen molar-refractivity contribution >= 4 is 16.7 Å². The van der Waals surface area contributed by atoms with Gasteiger partial charge in [-0.3, -0.25) is 9.69 Å². The van der Waals surface area contributed by atoms with E-state index in [1.54, 1.807) is 7.11 Å². The van der Waals surface area contributed by atoms with Gasteiger partial charge in [-0.2, -0.15) is 0 Å². The molecule has 1 saturated heterocycles. The number of carboxylic acid groups (broad SMARTS) is 1. The highest BCUT2D eigenvalue weighted by molar-refractivity contribution is 5.86. The highest BCUT2D eigenvalue weighted by atomic mass is 16.5. The van der Waals surface area contributed by atoms with Crippen LogP contribution >= 0.6 is 0 Å². The van der Waals surface area contributed by atoms with Gasteiger partial charge in [0.2, 0.25) is 0 Å². The first-order valence-electron chi connectivity index (χ1n) is 9.80. The van der Waals surface area contributed by atoms with Crippen LogP contribution in [0.5, 0.6) is 5.75 Å². The molecule has 0 aliphatic carbocycles. The molecule has 1 heterocycles. The van der Waals surface area contributed by atoms with Crippen LogP contribution in [0, 0.1) is 0 Å². The van der Waals surface area contributed by atoms with E-state index in [0.29, 0.717) is 6.42 Å². The molecule has 2 atom stereocenters. The van der Waals surface area contributed by atoms with Crippen molar-refractivity contribution in [3.8, 4) is 5.75 Å². The van der Waals surface area contributed by atoms with Gasteiger partial charge in [-0.05, 0) is 41.8 Å². The Hall–Kier alpha value is -2.85. The van der Waals surface area contributed by atoms with E-state index in [9.17, 15) is 9.90 Å². The number of nitrogens with zero attached hydrogens (tertiary/aromatic N) is 1. The van der Waals surface area contributed by atoms with Crippen molar-refractivity contribution in [1.82, 2.24) is 4.90 Å². The molecule has 0 aromatic heterocycles. The summed E-state index contributed by atoms with van der Waals surface area (Å²) in [5, 5.41) is 12.2. The van der Waals surface area contributed by atoms with Gasteiger partial charge in [0.1, 0.15) is 11.8 Å². The third-order valence-corrected chi connectivity index (χ3v) is 5.71. The normalized spacial score (nSPS) is 18.7. The number of hydrogen-bond donors (Lipinski definition) is 1. The minimum absolute atomic E-state index is 0.177. The Morgan fingerprint density at radius 2 is 1.71 bits per heavy atom. The molecule has 4 rings (SSSR count). The van der Waals surface area contributed by atoms with E-state index < -0.39 is 12.0 Å². The Morgan fingerprint density at radius 1 is 1.00 bits per heavy atom. The van der Waals surface area contributed by atoms with Gasteiger partial charge in [0.15, 0.2) is 0 Å². The molecule has 1 fully saturated rings. The van der Waals surface area contributed by atoms with Crippen molar-refractivity contribution in [3.63, 3.8) is 0 Å². The van der Waals surface area contributed by atoms with E-state index in [0.717, 1.165) is 47.0 Å². The summed E-state index contributed by atoms with van der Waals surface area (Å²) in [6.07, 6.45) is 2.62. The minimum Gasteiger partial charge on any atom is -0.496 e. The van der Waals surface area contributed by atoms with Crippen molar-refractivity contribution in [2.45, 2.75) is 31.3 Å². The summed E-state index contributed by atoms with van der Waals surface area (Å²) in [5.74, 6) is 0.0370. The zero-order valence-electron chi connectivity index (χ0n) is 16.0. The Labute approximate surface area is 165 Å². The number of likely N-dealkylation sites (tertiary alicyclic amines) is 1. The van der Waals surface area contributed by atoms with E-state index >= 15 is 0 Å². The number of ether oxygens (including phenoxy) is 1. The summed E-state index contributed by atoms with van der Waals surface area (Å²) < 4.78 is 5.67. The maximum absolute atomic E-state index is 12.1. The van der Waals surface area contributed by atoms with Crippen LogP contribution in [0.2, 0.25) is 0 Å². The average molecular weight is 375 g/mol. The fourth-order valence-electron chi connectivity index (χ4n) is 4.43. The number of piperidine rings is 1. The molecule has 0 bridgehead atoms. The predicted molar refractivity (Wildman–Crippen MR) is 111 cm³/mol. The van der Waals surface area contributed by atoms with Gasteiger partial charge in [0, 0.05) is 5.56 Å². The Balaban J connectivity index is 1.94. The summed E-state index contributed by atoms with van der Waals surface area (Å²) >= 11 is 0. The topological polar surface area (TPSA) is 49.8 Å². The van der Waals surface area contributed by atoms with Crippen LogP contribution in [0.25, 0.3) is 10.8 Å². The molecule has 3 aromatic carbocycles. The standard InChI is InChI=1S/C24H25NO3/c1-28-22-15-5-4-12-20(22)23(25-16-7-6-14-21(25)24(26)27)19-13-8-10-17-9-2-3-11-18(17)19/h2-5,8-13,15,21,23H,6-7,14,16H2,1H3,(H,26,27). The maximum atomic E-state index is 12.1. The van der Waals surface area contributed by atoms with E-state index in [-0.39, 0.29) is 6.04 Å². The molecule has 1 aliphatic heterocycles. The number of fused-ring (bicyclic) bond motifs is 1.